The molecule has 4 rings (SSSR count). The third-order valence-corrected chi connectivity index (χ3v) is 5.50. The second-order valence-electron chi connectivity index (χ2n) is 7.69. The number of hydrogen-bond acceptors (Lipinski definition) is 5. The van der Waals surface area contributed by atoms with E-state index in [2.05, 4.69) is 14.9 Å². The number of ether oxygens (including phenoxy) is 1. The summed E-state index contributed by atoms with van der Waals surface area (Å²) < 4.78 is 5.77. The minimum Gasteiger partial charge on any atom is -0.492 e. The molecule has 0 bridgehead atoms. The lowest BCUT2D eigenvalue weighted by Crippen LogP contribution is -2.19. The van der Waals surface area contributed by atoms with Gasteiger partial charge in [0.25, 0.3) is 0 Å². The lowest BCUT2D eigenvalue weighted by Gasteiger charge is -2.11. The van der Waals surface area contributed by atoms with E-state index in [0.29, 0.717) is 29.4 Å². The van der Waals surface area contributed by atoms with Gasteiger partial charge in [0, 0.05) is 35.6 Å². The Morgan fingerprint density at radius 1 is 1.06 bits per heavy atom. The number of aromatic amines is 1. The predicted octanol–water partition coefficient (Wildman–Crippen LogP) is 5.10. The standard InChI is InChI=1S/C25H23ClN4O3/c1-30(2)14-15-33-18-8-6-17(7-9-18)24-28-22(16-10-12-27-13-11-16)23(29-24)19-4-3-5-20(21(19)26)25(31)32/h3-13H,14-15H2,1-2H3,(H,28,29)(H,31,32). The maximum absolute atomic E-state index is 11.6. The van der Waals surface area contributed by atoms with E-state index in [1.165, 1.54) is 6.07 Å². The number of likely N-dealkylation sites (N-methyl/N-ethyl adjacent to an activating group) is 1. The van der Waals surface area contributed by atoms with Gasteiger partial charge in [0.15, 0.2) is 0 Å². The Kier molecular flexibility index (Phi) is 6.72. The van der Waals surface area contributed by atoms with Gasteiger partial charge in [-0.2, -0.15) is 0 Å². The summed E-state index contributed by atoms with van der Waals surface area (Å²) in [5, 5.41) is 9.64. The van der Waals surface area contributed by atoms with Crippen molar-refractivity contribution >= 4 is 17.6 Å². The van der Waals surface area contributed by atoms with E-state index in [1.54, 1.807) is 24.5 Å². The Hall–Kier alpha value is -3.68. The molecule has 0 aliphatic carbocycles. The number of imidazole rings is 1. The molecular formula is C25H23ClN4O3. The van der Waals surface area contributed by atoms with Crippen molar-refractivity contribution in [3.05, 3.63) is 77.6 Å². The smallest absolute Gasteiger partial charge is 0.337 e. The van der Waals surface area contributed by atoms with Gasteiger partial charge in [0.2, 0.25) is 0 Å². The first kappa shape index (κ1) is 22.5. The van der Waals surface area contributed by atoms with Gasteiger partial charge in [-0.25, -0.2) is 9.78 Å². The van der Waals surface area contributed by atoms with Crippen molar-refractivity contribution in [3.8, 4) is 39.7 Å². The molecule has 7 nitrogen and oxygen atoms in total. The first-order valence-electron chi connectivity index (χ1n) is 10.3. The van der Waals surface area contributed by atoms with Crippen LogP contribution in [-0.2, 0) is 0 Å². The fraction of sp³-hybridized carbons (Fsp3) is 0.160. The highest BCUT2D eigenvalue weighted by atomic mass is 35.5. The molecule has 168 valence electrons. The fourth-order valence-corrected chi connectivity index (χ4v) is 3.67. The number of pyridine rings is 1. The van der Waals surface area contributed by atoms with E-state index in [1.807, 2.05) is 50.5 Å². The number of benzene rings is 2. The number of carbonyl (C=O) groups is 1. The van der Waals surface area contributed by atoms with Crippen molar-refractivity contribution in [2.75, 3.05) is 27.2 Å². The van der Waals surface area contributed by atoms with Crippen molar-refractivity contribution in [1.29, 1.82) is 0 Å². The van der Waals surface area contributed by atoms with Crippen LogP contribution in [0.25, 0.3) is 33.9 Å². The molecule has 2 heterocycles. The summed E-state index contributed by atoms with van der Waals surface area (Å²) >= 11 is 6.48. The van der Waals surface area contributed by atoms with Crippen LogP contribution in [-0.4, -0.2) is 58.2 Å². The summed E-state index contributed by atoms with van der Waals surface area (Å²) in [6.07, 6.45) is 3.37. The molecule has 0 aliphatic heterocycles. The van der Waals surface area contributed by atoms with Gasteiger partial charge in [0.05, 0.1) is 22.0 Å². The lowest BCUT2D eigenvalue weighted by molar-refractivity contribution is 0.0697. The van der Waals surface area contributed by atoms with Crippen molar-refractivity contribution < 1.29 is 14.6 Å². The average Bonchev–Trinajstić information content (AvgIpc) is 3.25. The third-order valence-electron chi connectivity index (χ3n) is 5.09. The topological polar surface area (TPSA) is 91.3 Å². The third kappa shape index (κ3) is 5.05. The van der Waals surface area contributed by atoms with Gasteiger partial charge in [-0.15, -0.1) is 0 Å². The maximum atomic E-state index is 11.6. The second-order valence-corrected chi connectivity index (χ2v) is 8.07. The van der Waals surface area contributed by atoms with Crippen molar-refractivity contribution in [2.24, 2.45) is 0 Å². The number of rotatable bonds is 8. The number of hydrogen-bond donors (Lipinski definition) is 2. The molecule has 8 heteroatoms. The number of nitrogens with one attached hydrogen (secondary N) is 1. The van der Waals surface area contributed by atoms with Gasteiger partial charge >= 0.3 is 5.97 Å². The summed E-state index contributed by atoms with van der Waals surface area (Å²) in [6.45, 7) is 1.43. The number of halogens is 1. The molecule has 0 spiro atoms. The molecule has 0 fully saturated rings. The Morgan fingerprint density at radius 3 is 2.45 bits per heavy atom. The molecule has 33 heavy (non-hydrogen) atoms. The van der Waals surface area contributed by atoms with Crippen molar-refractivity contribution in [2.45, 2.75) is 0 Å². The van der Waals surface area contributed by atoms with E-state index in [4.69, 9.17) is 21.3 Å². The van der Waals surface area contributed by atoms with Crippen LogP contribution in [0.15, 0.2) is 67.0 Å². The molecule has 4 aromatic rings. The van der Waals surface area contributed by atoms with Gasteiger partial charge in [-0.1, -0.05) is 23.7 Å². The molecule has 0 saturated carbocycles. The highest BCUT2D eigenvalue weighted by Gasteiger charge is 2.20. The van der Waals surface area contributed by atoms with Crippen LogP contribution in [0.2, 0.25) is 5.02 Å². The Labute approximate surface area is 196 Å². The molecular weight excluding hydrogens is 440 g/mol. The summed E-state index contributed by atoms with van der Waals surface area (Å²) in [7, 11) is 4.00. The van der Waals surface area contributed by atoms with Crippen LogP contribution < -0.4 is 4.74 Å². The molecule has 2 aromatic heterocycles. The zero-order valence-electron chi connectivity index (χ0n) is 18.2. The minimum atomic E-state index is -1.09. The largest absolute Gasteiger partial charge is 0.492 e. The number of aromatic carboxylic acids is 1. The quantitative estimate of drug-likeness (QED) is 0.378. The van der Waals surface area contributed by atoms with E-state index >= 15 is 0 Å². The van der Waals surface area contributed by atoms with Gasteiger partial charge < -0.3 is 19.7 Å². The lowest BCUT2D eigenvalue weighted by atomic mass is 10.0. The predicted molar refractivity (Wildman–Crippen MR) is 129 cm³/mol. The molecule has 0 amide bonds. The van der Waals surface area contributed by atoms with E-state index < -0.39 is 5.97 Å². The van der Waals surface area contributed by atoms with E-state index in [-0.39, 0.29) is 10.6 Å². The highest BCUT2D eigenvalue weighted by molar-refractivity contribution is 6.36. The maximum Gasteiger partial charge on any atom is 0.337 e. The number of carboxylic acids is 1. The molecule has 0 unspecified atom stereocenters. The number of H-pyrrole nitrogens is 1. The second kappa shape index (κ2) is 9.85. The van der Waals surface area contributed by atoms with Gasteiger partial charge in [-0.3, -0.25) is 4.98 Å². The van der Waals surface area contributed by atoms with E-state index in [0.717, 1.165) is 23.4 Å². The average molecular weight is 463 g/mol. The number of carboxylic acid groups (broad SMARTS) is 1. The van der Waals surface area contributed by atoms with Crippen LogP contribution >= 0.6 is 11.6 Å². The number of aromatic nitrogens is 3. The molecule has 0 saturated heterocycles. The van der Waals surface area contributed by atoms with Crippen LogP contribution in [0.4, 0.5) is 0 Å². The Morgan fingerprint density at radius 2 is 1.79 bits per heavy atom. The highest BCUT2D eigenvalue weighted by Crippen LogP contribution is 2.37. The van der Waals surface area contributed by atoms with Crippen LogP contribution in [0, 0.1) is 0 Å². The minimum absolute atomic E-state index is 0.0326. The summed E-state index contributed by atoms with van der Waals surface area (Å²) in [6, 6.07) is 16.3. The van der Waals surface area contributed by atoms with Crippen LogP contribution in [0.3, 0.4) is 0 Å². The SMILES string of the molecule is CN(C)CCOc1ccc(-c2nc(-c3ccncc3)c(-c3cccc(C(=O)O)c3Cl)[nH]2)cc1. The van der Waals surface area contributed by atoms with E-state index in [9.17, 15) is 9.90 Å². The molecule has 0 atom stereocenters. The number of nitrogens with zero attached hydrogens (tertiary/aromatic N) is 3. The molecule has 0 radical (unpaired) electrons. The van der Waals surface area contributed by atoms with Gasteiger partial charge in [0.1, 0.15) is 18.2 Å². The van der Waals surface area contributed by atoms with Crippen molar-refractivity contribution in [1.82, 2.24) is 19.9 Å². The summed E-state index contributed by atoms with van der Waals surface area (Å²) in [5.41, 5.74) is 3.58. The normalized spacial score (nSPS) is 11.0. The Bertz CT molecular complexity index is 1250. The molecule has 0 aliphatic rings. The first-order chi connectivity index (χ1) is 15.9. The molecule has 2 aromatic carbocycles. The Balaban J connectivity index is 1.74. The van der Waals surface area contributed by atoms with Crippen LogP contribution in [0.5, 0.6) is 5.75 Å². The fourth-order valence-electron chi connectivity index (χ4n) is 3.37. The zero-order chi connectivity index (χ0) is 23.4. The zero-order valence-corrected chi connectivity index (χ0v) is 19.0. The summed E-state index contributed by atoms with van der Waals surface area (Å²) in [4.78, 5) is 25.9. The summed E-state index contributed by atoms with van der Waals surface area (Å²) in [5.74, 6) is 0.323. The van der Waals surface area contributed by atoms with Crippen LogP contribution in [0.1, 0.15) is 10.4 Å². The van der Waals surface area contributed by atoms with Gasteiger partial charge in [-0.05, 0) is 56.6 Å². The molecule has 2 N–H and O–H groups in total. The first-order valence-corrected chi connectivity index (χ1v) is 10.7. The van der Waals surface area contributed by atoms with Crippen molar-refractivity contribution in [3.63, 3.8) is 0 Å². The monoisotopic (exact) mass is 462 g/mol.